The third-order valence-electron chi connectivity index (χ3n) is 3.84. The van der Waals surface area contributed by atoms with Crippen LogP contribution in [0.25, 0.3) is 0 Å². The number of amides is 1. The van der Waals surface area contributed by atoms with Crippen molar-refractivity contribution < 1.29 is 9.90 Å². The second-order valence-electron chi connectivity index (χ2n) is 5.26. The lowest BCUT2D eigenvalue weighted by Gasteiger charge is -2.39. The largest absolute Gasteiger partial charge is 0.465 e. The van der Waals surface area contributed by atoms with E-state index in [9.17, 15) is 4.79 Å². The summed E-state index contributed by atoms with van der Waals surface area (Å²) in [5, 5.41) is 12.3. The Kier molecular flexibility index (Phi) is 2.87. The molecule has 1 atom stereocenters. The first kappa shape index (κ1) is 10.7. The topological polar surface area (TPSA) is 52.6 Å². The first-order valence-electron chi connectivity index (χ1n) is 5.80. The fraction of sp³-hybridized carbons (Fsp3) is 0.909. The lowest BCUT2D eigenvalue weighted by molar-refractivity contribution is 0.145. The number of hydrogen-bond acceptors (Lipinski definition) is 2. The molecule has 2 N–H and O–H groups in total. The van der Waals surface area contributed by atoms with Crippen LogP contribution in [0.2, 0.25) is 0 Å². The van der Waals surface area contributed by atoms with E-state index in [1.54, 1.807) is 0 Å². The van der Waals surface area contributed by atoms with Crippen molar-refractivity contribution in [3.63, 3.8) is 0 Å². The van der Waals surface area contributed by atoms with E-state index >= 15 is 0 Å². The van der Waals surface area contributed by atoms with Crippen LogP contribution in [-0.4, -0.2) is 41.8 Å². The van der Waals surface area contributed by atoms with Crippen molar-refractivity contribution >= 4 is 6.09 Å². The zero-order valence-corrected chi connectivity index (χ0v) is 9.33. The Morgan fingerprint density at radius 2 is 2.33 bits per heavy atom. The van der Waals surface area contributed by atoms with Crippen LogP contribution >= 0.6 is 0 Å². The average Bonchev–Trinajstić information content (AvgIpc) is 2.60. The van der Waals surface area contributed by atoms with Gasteiger partial charge < -0.3 is 15.3 Å². The minimum absolute atomic E-state index is 0.374. The third-order valence-corrected chi connectivity index (χ3v) is 3.84. The fourth-order valence-electron chi connectivity index (χ4n) is 2.45. The van der Waals surface area contributed by atoms with Gasteiger partial charge in [0.05, 0.1) is 0 Å². The van der Waals surface area contributed by atoms with Crippen molar-refractivity contribution in [2.24, 2.45) is 5.41 Å². The maximum absolute atomic E-state index is 10.7. The number of nitrogens with zero attached hydrogens (tertiary/aromatic N) is 1. The molecule has 15 heavy (non-hydrogen) atoms. The number of carbonyl (C=O) groups is 1. The summed E-state index contributed by atoms with van der Waals surface area (Å²) >= 11 is 0. The smallest absolute Gasteiger partial charge is 0.407 e. The molecule has 0 radical (unpaired) electrons. The van der Waals surface area contributed by atoms with E-state index in [1.807, 2.05) is 0 Å². The van der Waals surface area contributed by atoms with E-state index in [4.69, 9.17) is 5.11 Å². The van der Waals surface area contributed by atoms with Gasteiger partial charge in [-0.3, -0.25) is 0 Å². The Morgan fingerprint density at radius 1 is 1.60 bits per heavy atom. The molecule has 1 aliphatic heterocycles. The van der Waals surface area contributed by atoms with E-state index < -0.39 is 6.09 Å². The summed E-state index contributed by atoms with van der Waals surface area (Å²) in [6, 6.07) is 0.374. The molecule has 1 amide bonds. The lowest BCUT2D eigenvalue weighted by atomic mass is 9.70. The van der Waals surface area contributed by atoms with Crippen LogP contribution in [-0.2, 0) is 0 Å². The Labute approximate surface area is 90.6 Å². The number of hydrogen-bond donors (Lipinski definition) is 2. The van der Waals surface area contributed by atoms with Crippen molar-refractivity contribution in [1.82, 2.24) is 10.2 Å². The van der Waals surface area contributed by atoms with Crippen LogP contribution in [0.15, 0.2) is 0 Å². The normalized spacial score (nSPS) is 28.9. The molecule has 0 aromatic carbocycles. The van der Waals surface area contributed by atoms with Gasteiger partial charge in [0.2, 0.25) is 0 Å². The standard InChI is InChI=1S/C11H20N2O2/c1-11(4-2-5-11)8-12-9-3-6-13(7-9)10(14)15/h9,12H,2-8H2,1H3,(H,14,15)/t9-/m0/s1. The van der Waals surface area contributed by atoms with Gasteiger partial charge in [-0.2, -0.15) is 0 Å². The molecule has 0 unspecified atom stereocenters. The monoisotopic (exact) mass is 212 g/mol. The third kappa shape index (κ3) is 2.43. The highest BCUT2D eigenvalue weighted by Gasteiger charge is 2.33. The van der Waals surface area contributed by atoms with Gasteiger partial charge in [0.1, 0.15) is 0 Å². The Hall–Kier alpha value is -0.770. The van der Waals surface area contributed by atoms with Gasteiger partial charge in [0, 0.05) is 25.7 Å². The minimum Gasteiger partial charge on any atom is -0.465 e. The summed E-state index contributed by atoms with van der Waals surface area (Å²) in [6.45, 7) is 4.70. The summed E-state index contributed by atoms with van der Waals surface area (Å²) in [5.74, 6) is 0. The molecule has 1 heterocycles. The Balaban J connectivity index is 1.70. The predicted octanol–water partition coefficient (Wildman–Crippen LogP) is 1.52. The lowest BCUT2D eigenvalue weighted by Crippen LogP contribution is -2.43. The van der Waals surface area contributed by atoms with Crippen LogP contribution < -0.4 is 5.32 Å². The molecule has 86 valence electrons. The zero-order chi connectivity index (χ0) is 10.9. The number of rotatable bonds is 3. The molecule has 2 aliphatic rings. The van der Waals surface area contributed by atoms with Crippen molar-refractivity contribution in [1.29, 1.82) is 0 Å². The van der Waals surface area contributed by atoms with E-state index in [2.05, 4.69) is 12.2 Å². The van der Waals surface area contributed by atoms with Gasteiger partial charge in [-0.05, 0) is 24.7 Å². The van der Waals surface area contributed by atoms with E-state index in [0.29, 0.717) is 24.5 Å². The van der Waals surface area contributed by atoms with E-state index in [1.165, 1.54) is 24.2 Å². The van der Waals surface area contributed by atoms with Crippen LogP contribution in [0.3, 0.4) is 0 Å². The molecule has 0 bridgehead atoms. The summed E-state index contributed by atoms with van der Waals surface area (Å²) in [7, 11) is 0. The molecular formula is C11H20N2O2. The van der Waals surface area contributed by atoms with Gasteiger partial charge >= 0.3 is 6.09 Å². The Morgan fingerprint density at radius 3 is 2.80 bits per heavy atom. The van der Waals surface area contributed by atoms with Gasteiger partial charge in [0.25, 0.3) is 0 Å². The predicted molar refractivity (Wildman–Crippen MR) is 58.0 cm³/mol. The van der Waals surface area contributed by atoms with Crippen molar-refractivity contribution in [2.75, 3.05) is 19.6 Å². The maximum atomic E-state index is 10.7. The number of likely N-dealkylation sites (tertiary alicyclic amines) is 1. The minimum atomic E-state index is -0.783. The van der Waals surface area contributed by atoms with Crippen LogP contribution in [0.4, 0.5) is 4.79 Å². The van der Waals surface area contributed by atoms with Gasteiger partial charge in [0.15, 0.2) is 0 Å². The van der Waals surface area contributed by atoms with E-state index in [0.717, 1.165) is 13.0 Å². The van der Waals surface area contributed by atoms with Crippen LogP contribution in [0, 0.1) is 5.41 Å². The second-order valence-corrected chi connectivity index (χ2v) is 5.26. The van der Waals surface area contributed by atoms with Crippen LogP contribution in [0.5, 0.6) is 0 Å². The average molecular weight is 212 g/mol. The highest BCUT2D eigenvalue weighted by atomic mass is 16.4. The molecule has 2 fully saturated rings. The second kappa shape index (κ2) is 4.00. The number of carboxylic acid groups (broad SMARTS) is 1. The molecule has 0 aromatic rings. The van der Waals surface area contributed by atoms with Gasteiger partial charge in [-0.25, -0.2) is 4.79 Å². The molecule has 1 saturated heterocycles. The van der Waals surface area contributed by atoms with Gasteiger partial charge in [-0.1, -0.05) is 13.3 Å². The molecule has 4 nitrogen and oxygen atoms in total. The quantitative estimate of drug-likeness (QED) is 0.745. The molecule has 4 heteroatoms. The highest BCUT2D eigenvalue weighted by molar-refractivity contribution is 5.65. The summed E-state index contributed by atoms with van der Waals surface area (Å²) in [5.41, 5.74) is 0.483. The zero-order valence-electron chi connectivity index (χ0n) is 9.33. The molecule has 1 aliphatic carbocycles. The SMILES string of the molecule is CC1(CN[C@H]2CCN(C(=O)O)C2)CCC1. The molecule has 0 aromatic heterocycles. The maximum Gasteiger partial charge on any atom is 0.407 e. The highest BCUT2D eigenvalue weighted by Crippen LogP contribution is 2.39. The molecule has 2 rings (SSSR count). The van der Waals surface area contributed by atoms with Crippen molar-refractivity contribution in [3.8, 4) is 0 Å². The fourth-order valence-corrected chi connectivity index (χ4v) is 2.45. The molecule has 0 spiro atoms. The summed E-state index contributed by atoms with van der Waals surface area (Å²) in [4.78, 5) is 12.2. The van der Waals surface area contributed by atoms with E-state index in [-0.39, 0.29) is 0 Å². The Bertz CT molecular complexity index is 251. The summed E-state index contributed by atoms with van der Waals surface area (Å²) < 4.78 is 0. The summed E-state index contributed by atoms with van der Waals surface area (Å²) in [6.07, 6.45) is 4.16. The van der Waals surface area contributed by atoms with Crippen LogP contribution in [0.1, 0.15) is 32.6 Å². The molecule has 1 saturated carbocycles. The number of nitrogens with one attached hydrogen (secondary N) is 1. The first-order valence-corrected chi connectivity index (χ1v) is 5.80. The van der Waals surface area contributed by atoms with Gasteiger partial charge in [-0.15, -0.1) is 0 Å². The first-order chi connectivity index (χ1) is 7.09. The molecular weight excluding hydrogens is 192 g/mol. The van der Waals surface area contributed by atoms with Crippen molar-refractivity contribution in [2.45, 2.75) is 38.6 Å². The van der Waals surface area contributed by atoms with Crippen molar-refractivity contribution in [3.05, 3.63) is 0 Å².